The number of nitrogens with one attached hydrogen (secondary N) is 2. The third-order valence-corrected chi connectivity index (χ3v) is 4.96. The Kier molecular flexibility index (Phi) is 5.20. The van der Waals surface area contributed by atoms with Gasteiger partial charge in [-0.2, -0.15) is 0 Å². The molecule has 2 N–H and O–H groups in total. The summed E-state index contributed by atoms with van der Waals surface area (Å²) in [7, 11) is 0. The molecule has 4 aromatic rings. The SMILES string of the molecule is C[C@@H](Nc1cc2c(N[C@H](C)c3ccccc3)ccnc2cn1)c1ccccc1. The maximum Gasteiger partial charge on any atom is 0.127 e. The Bertz CT molecular complexity index is 1050. The minimum absolute atomic E-state index is 0.169. The molecule has 28 heavy (non-hydrogen) atoms. The van der Waals surface area contributed by atoms with Crippen LogP contribution in [0.5, 0.6) is 0 Å². The van der Waals surface area contributed by atoms with Crippen molar-refractivity contribution in [2.24, 2.45) is 0 Å². The molecule has 0 unspecified atom stereocenters. The lowest BCUT2D eigenvalue weighted by atomic mass is 10.1. The van der Waals surface area contributed by atoms with E-state index in [-0.39, 0.29) is 12.1 Å². The molecule has 0 aliphatic heterocycles. The van der Waals surface area contributed by atoms with Gasteiger partial charge < -0.3 is 10.6 Å². The highest BCUT2D eigenvalue weighted by Gasteiger charge is 2.11. The minimum atomic E-state index is 0.169. The molecule has 0 saturated heterocycles. The first-order valence-corrected chi connectivity index (χ1v) is 9.58. The van der Waals surface area contributed by atoms with Crippen LogP contribution in [0.25, 0.3) is 10.9 Å². The molecule has 0 spiro atoms. The zero-order chi connectivity index (χ0) is 19.3. The molecule has 2 heterocycles. The minimum Gasteiger partial charge on any atom is -0.378 e. The summed E-state index contributed by atoms with van der Waals surface area (Å²) in [5, 5.41) is 8.17. The average Bonchev–Trinajstić information content (AvgIpc) is 2.75. The third kappa shape index (κ3) is 3.96. The first-order chi connectivity index (χ1) is 13.7. The van der Waals surface area contributed by atoms with Crippen LogP contribution in [0.3, 0.4) is 0 Å². The van der Waals surface area contributed by atoms with E-state index in [1.165, 1.54) is 11.1 Å². The van der Waals surface area contributed by atoms with Crippen LogP contribution in [0, 0.1) is 0 Å². The smallest absolute Gasteiger partial charge is 0.127 e. The second kappa shape index (κ2) is 8.09. The number of pyridine rings is 2. The van der Waals surface area contributed by atoms with Gasteiger partial charge in [-0.1, -0.05) is 60.7 Å². The van der Waals surface area contributed by atoms with Crippen molar-refractivity contribution in [1.82, 2.24) is 9.97 Å². The van der Waals surface area contributed by atoms with Gasteiger partial charge in [-0.05, 0) is 37.1 Å². The molecule has 0 amide bonds. The van der Waals surface area contributed by atoms with Crippen LogP contribution in [-0.2, 0) is 0 Å². The summed E-state index contributed by atoms with van der Waals surface area (Å²) in [5.41, 5.74) is 4.41. The number of nitrogens with zero attached hydrogens (tertiary/aromatic N) is 2. The zero-order valence-electron chi connectivity index (χ0n) is 16.1. The van der Waals surface area contributed by atoms with Gasteiger partial charge in [0.25, 0.3) is 0 Å². The molecule has 0 aliphatic carbocycles. The summed E-state index contributed by atoms with van der Waals surface area (Å²) in [6, 6.07) is 25.3. The van der Waals surface area contributed by atoms with Crippen molar-refractivity contribution in [3.05, 3.63) is 96.3 Å². The van der Waals surface area contributed by atoms with Crippen molar-refractivity contribution in [3.63, 3.8) is 0 Å². The Labute approximate surface area is 165 Å². The van der Waals surface area contributed by atoms with Crippen molar-refractivity contribution in [3.8, 4) is 0 Å². The fraction of sp³-hybridized carbons (Fsp3) is 0.167. The fourth-order valence-corrected chi connectivity index (χ4v) is 3.36. The Morgan fingerprint density at radius 3 is 1.96 bits per heavy atom. The number of fused-ring (bicyclic) bond motifs is 1. The average molecular weight is 368 g/mol. The van der Waals surface area contributed by atoms with Gasteiger partial charge in [0.05, 0.1) is 11.7 Å². The Morgan fingerprint density at radius 2 is 1.32 bits per heavy atom. The summed E-state index contributed by atoms with van der Waals surface area (Å²) < 4.78 is 0. The summed E-state index contributed by atoms with van der Waals surface area (Å²) in [5.74, 6) is 0.840. The van der Waals surface area contributed by atoms with E-state index in [9.17, 15) is 0 Å². The van der Waals surface area contributed by atoms with E-state index < -0.39 is 0 Å². The van der Waals surface area contributed by atoms with Gasteiger partial charge in [0.15, 0.2) is 0 Å². The van der Waals surface area contributed by atoms with Crippen LogP contribution < -0.4 is 10.6 Å². The second-order valence-electron chi connectivity index (χ2n) is 7.00. The molecule has 0 fully saturated rings. The van der Waals surface area contributed by atoms with Crippen molar-refractivity contribution in [1.29, 1.82) is 0 Å². The van der Waals surface area contributed by atoms with Crippen LogP contribution in [0.15, 0.2) is 85.2 Å². The number of rotatable bonds is 6. The molecular weight excluding hydrogens is 344 g/mol. The Hall–Kier alpha value is -3.40. The predicted octanol–water partition coefficient (Wildman–Crippen LogP) is 5.98. The molecule has 140 valence electrons. The molecule has 2 aromatic carbocycles. The standard InChI is InChI=1S/C24H24N4/c1-17(19-9-5-3-6-10-19)27-22-13-14-25-23-16-26-24(15-21(22)23)28-18(2)20-11-7-4-8-12-20/h3-18H,1-2H3,(H,25,27)(H,26,28)/t17-,18-/m1/s1. The van der Waals surface area contributed by atoms with Gasteiger partial charge in [0, 0.05) is 29.4 Å². The molecule has 4 nitrogen and oxygen atoms in total. The Morgan fingerprint density at radius 1 is 0.714 bits per heavy atom. The highest BCUT2D eigenvalue weighted by atomic mass is 15.0. The molecular formula is C24H24N4. The quantitative estimate of drug-likeness (QED) is 0.440. The zero-order valence-corrected chi connectivity index (χ0v) is 16.1. The number of aromatic nitrogens is 2. The van der Waals surface area contributed by atoms with E-state index in [0.717, 1.165) is 22.4 Å². The number of hydrogen-bond acceptors (Lipinski definition) is 4. The Balaban J connectivity index is 1.60. The van der Waals surface area contributed by atoms with E-state index in [1.54, 1.807) is 0 Å². The van der Waals surface area contributed by atoms with Gasteiger partial charge >= 0.3 is 0 Å². The molecule has 0 saturated carbocycles. The van der Waals surface area contributed by atoms with Crippen LogP contribution in [0.2, 0.25) is 0 Å². The molecule has 2 atom stereocenters. The summed E-state index contributed by atoms with van der Waals surface area (Å²) in [6.07, 6.45) is 3.65. The van der Waals surface area contributed by atoms with E-state index >= 15 is 0 Å². The van der Waals surface area contributed by atoms with Crippen molar-refractivity contribution >= 4 is 22.4 Å². The van der Waals surface area contributed by atoms with Crippen LogP contribution in [0.4, 0.5) is 11.5 Å². The number of anilines is 2. The third-order valence-electron chi connectivity index (χ3n) is 4.96. The van der Waals surface area contributed by atoms with Gasteiger partial charge in [-0.3, -0.25) is 4.98 Å². The second-order valence-corrected chi connectivity index (χ2v) is 7.00. The largest absolute Gasteiger partial charge is 0.378 e. The number of hydrogen-bond donors (Lipinski definition) is 2. The molecule has 2 aromatic heterocycles. The number of benzene rings is 2. The lowest BCUT2D eigenvalue weighted by molar-refractivity contribution is 0.875. The van der Waals surface area contributed by atoms with E-state index in [4.69, 9.17) is 0 Å². The lowest BCUT2D eigenvalue weighted by Crippen LogP contribution is -2.09. The summed E-state index contributed by atoms with van der Waals surface area (Å²) in [4.78, 5) is 9.02. The molecule has 0 bridgehead atoms. The maximum absolute atomic E-state index is 4.55. The molecule has 4 rings (SSSR count). The van der Waals surface area contributed by atoms with Crippen LogP contribution in [0.1, 0.15) is 37.1 Å². The van der Waals surface area contributed by atoms with Crippen LogP contribution in [-0.4, -0.2) is 9.97 Å². The first-order valence-electron chi connectivity index (χ1n) is 9.58. The topological polar surface area (TPSA) is 49.8 Å². The van der Waals surface area contributed by atoms with Gasteiger partial charge in [0.1, 0.15) is 5.82 Å². The lowest BCUT2D eigenvalue weighted by Gasteiger charge is -2.18. The van der Waals surface area contributed by atoms with E-state index in [2.05, 4.69) is 89.0 Å². The monoisotopic (exact) mass is 368 g/mol. The van der Waals surface area contributed by atoms with Crippen LogP contribution >= 0.6 is 0 Å². The van der Waals surface area contributed by atoms with E-state index in [0.29, 0.717) is 0 Å². The highest BCUT2D eigenvalue weighted by molar-refractivity contribution is 5.92. The molecule has 0 radical (unpaired) electrons. The maximum atomic E-state index is 4.55. The normalized spacial score (nSPS) is 13.1. The fourth-order valence-electron chi connectivity index (χ4n) is 3.36. The first kappa shape index (κ1) is 18.0. The van der Waals surface area contributed by atoms with Gasteiger partial charge in [-0.25, -0.2) is 4.98 Å². The summed E-state index contributed by atoms with van der Waals surface area (Å²) in [6.45, 7) is 4.31. The van der Waals surface area contributed by atoms with Gasteiger partial charge in [-0.15, -0.1) is 0 Å². The van der Waals surface area contributed by atoms with Crippen molar-refractivity contribution in [2.45, 2.75) is 25.9 Å². The summed E-state index contributed by atoms with van der Waals surface area (Å²) >= 11 is 0. The van der Waals surface area contributed by atoms with Gasteiger partial charge in [0.2, 0.25) is 0 Å². The van der Waals surface area contributed by atoms with Crippen molar-refractivity contribution < 1.29 is 0 Å². The highest BCUT2D eigenvalue weighted by Crippen LogP contribution is 2.28. The van der Waals surface area contributed by atoms with E-state index in [1.807, 2.05) is 30.6 Å². The predicted molar refractivity (Wildman–Crippen MR) is 116 cm³/mol. The van der Waals surface area contributed by atoms with Crippen molar-refractivity contribution in [2.75, 3.05) is 10.6 Å². The molecule has 4 heteroatoms. The molecule has 0 aliphatic rings.